The fraction of sp³-hybridized carbons (Fsp3) is 0.297. The zero-order valence-electron chi connectivity index (χ0n) is 26.8. The monoisotopic (exact) mass is 704 g/mol. The van der Waals surface area contributed by atoms with E-state index in [1.54, 1.807) is 0 Å². The van der Waals surface area contributed by atoms with Gasteiger partial charge in [0.1, 0.15) is 10.0 Å². The normalized spacial score (nSPS) is 14.8. The van der Waals surface area contributed by atoms with Crippen molar-refractivity contribution in [1.29, 1.82) is 0 Å². The SMILES string of the molecule is CCC(C)CC1(CC(C)CC)c2cc(N=c3c(=O)c4cc(F)c(F)cc4c3=O)sc2-c2sc(N=c3c(=O)c4cc(F)c(F)cc4c3=O)cc21. The number of rotatable bonds is 8. The van der Waals surface area contributed by atoms with Crippen LogP contribution in [0.15, 0.2) is 65.6 Å². The molecule has 0 N–H and O–H groups in total. The summed E-state index contributed by atoms with van der Waals surface area (Å²) in [4.78, 5) is 63.2. The number of nitrogens with zero attached hydrogens (tertiary/aromatic N) is 2. The van der Waals surface area contributed by atoms with Crippen LogP contribution in [0.5, 0.6) is 0 Å². The number of hydrogen-bond donors (Lipinski definition) is 0. The lowest BCUT2D eigenvalue weighted by molar-refractivity contribution is 0.309. The van der Waals surface area contributed by atoms with Gasteiger partial charge in [0.15, 0.2) is 34.0 Å². The number of thiophene rings is 2. The van der Waals surface area contributed by atoms with Crippen molar-refractivity contribution in [2.24, 2.45) is 21.8 Å². The Morgan fingerprint density at radius 2 is 0.878 bits per heavy atom. The highest BCUT2D eigenvalue weighted by molar-refractivity contribution is 7.26. The quantitative estimate of drug-likeness (QED) is 0.154. The molecule has 1 aliphatic carbocycles. The molecule has 0 saturated heterocycles. The summed E-state index contributed by atoms with van der Waals surface area (Å²) in [6.45, 7) is 8.53. The van der Waals surface area contributed by atoms with Gasteiger partial charge in [0, 0.05) is 27.0 Å². The van der Waals surface area contributed by atoms with Crippen LogP contribution in [-0.4, -0.2) is 0 Å². The molecule has 4 aromatic carbocycles. The first-order chi connectivity index (χ1) is 23.3. The van der Waals surface area contributed by atoms with E-state index < -0.39 is 61.1 Å². The third-order valence-corrected chi connectivity index (χ3v) is 12.1. The van der Waals surface area contributed by atoms with Crippen molar-refractivity contribution in [2.75, 3.05) is 0 Å². The molecule has 0 aliphatic heterocycles. The first-order valence-electron chi connectivity index (χ1n) is 15.9. The highest BCUT2D eigenvalue weighted by atomic mass is 32.1. The molecular weight excluding hydrogens is 677 g/mol. The first kappa shape index (κ1) is 33.1. The van der Waals surface area contributed by atoms with Crippen LogP contribution >= 0.6 is 22.7 Å². The molecule has 6 aromatic rings. The molecular formula is C37H28F4N2O4S2. The van der Waals surface area contributed by atoms with E-state index in [4.69, 9.17) is 0 Å². The topological polar surface area (TPSA) is 93.0 Å². The standard InChI is InChI=1S/C37H28F4N2O4S2/c1-5-15(3)13-37(14-16(4)6-2)21-11-27(42-29-31(44)17-7-23(38)24(39)8-18(17)32(29)45)48-35(21)36-22(37)12-28(49-36)43-30-33(46)19-9-25(40)26(41)10-20(19)34(30)47/h7-12,15-16H,5-6,13-14H2,1-4H3. The maximum Gasteiger partial charge on any atom is 0.216 e. The van der Waals surface area contributed by atoms with E-state index in [1.807, 2.05) is 12.1 Å². The molecule has 1 aliphatic rings. The molecule has 0 radical (unpaired) electrons. The predicted molar refractivity (Wildman–Crippen MR) is 185 cm³/mol. The van der Waals surface area contributed by atoms with Gasteiger partial charge in [0.2, 0.25) is 21.7 Å². The fourth-order valence-corrected chi connectivity index (χ4v) is 9.48. The molecule has 0 spiro atoms. The average molecular weight is 705 g/mol. The van der Waals surface area contributed by atoms with Crippen molar-refractivity contribution < 1.29 is 17.6 Å². The van der Waals surface area contributed by atoms with Crippen LogP contribution in [0.2, 0.25) is 0 Å². The van der Waals surface area contributed by atoms with Crippen molar-refractivity contribution in [1.82, 2.24) is 0 Å². The molecule has 2 aromatic heterocycles. The lowest BCUT2D eigenvalue weighted by Crippen LogP contribution is -2.31. The van der Waals surface area contributed by atoms with E-state index in [1.165, 1.54) is 22.7 Å². The Morgan fingerprint density at radius 1 is 0.571 bits per heavy atom. The third-order valence-electron chi connectivity index (χ3n) is 9.87. The van der Waals surface area contributed by atoms with Crippen LogP contribution in [0.4, 0.5) is 27.6 Å². The van der Waals surface area contributed by atoms with Crippen molar-refractivity contribution in [3.63, 3.8) is 0 Å². The van der Waals surface area contributed by atoms with Crippen molar-refractivity contribution >= 4 is 54.2 Å². The van der Waals surface area contributed by atoms with Gasteiger partial charge in [0.25, 0.3) is 0 Å². The molecule has 0 amide bonds. The van der Waals surface area contributed by atoms with Crippen LogP contribution in [-0.2, 0) is 5.41 Å². The Hall–Kier alpha value is -4.42. The lowest BCUT2D eigenvalue weighted by atomic mass is 9.67. The Balaban J connectivity index is 1.46. The van der Waals surface area contributed by atoms with Crippen molar-refractivity contribution in [3.8, 4) is 9.75 Å². The molecule has 12 heteroatoms. The van der Waals surface area contributed by atoms with Gasteiger partial charge >= 0.3 is 0 Å². The van der Waals surface area contributed by atoms with Crippen LogP contribution in [0, 0.1) is 35.1 Å². The molecule has 2 unspecified atom stereocenters. The van der Waals surface area contributed by atoms with E-state index in [0.717, 1.165) is 70.8 Å². The van der Waals surface area contributed by atoms with Gasteiger partial charge in [-0.15, -0.1) is 22.7 Å². The molecule has 0 bridgehead atoms. The van der Waals surface area contributed by atoms with Gasteiger partial charge in [-0.3, -0.25) is 19.2 Å². The minimum atomic E-state index is -1.23. The maximum absolute atomic E-state index is 14.0. The second kappa shape index (κ2) is 11.9. The van der Waals surface area contributed by atoms with E-state index in [0.29, 0.717) is 10.0 Å². The summed E-state index contributed by atoms with van der Waals surface area (Å²) in [7, 11) is 0. The molecule has 7 rings (SSSR count). The van der Waals surface area contributed by atoms with Gasteiger partial charge in [-0.05, 0) is 72.2 Å². The number of fused-ring (bicyclic) bond motifs is 5. The molecule has 250 valence electrons. The molecule has 0 saturated carbocycles. The fourth-order valence-electron chi connectivity index (χ4n) is 7.05. The molecule has 2 heterocycles. The number of halogens is 4. The lowest BCUT2D eigenvalue weighted by Gasteiger charge is -2.35. The van der Waals surface area contributed by atoms with Gasteiger partial charge in [-0.1, -0.05) is 40.5 Å². The van der Waals surface area contributed by atoms with Gasteiger partial charge in [-0.25, -0.2) is 27.5 Å². The minimum Gasteiger partial charge on any atom is -0.287 e. The summed E-state index contributed by atoms with van der Waals surface area (Å²) in [5, 5.41) is -1.02. The summed E-state index contributed by atoms with van der Waals surface area (Å²) >= 11 is 2.53. The maximum atomic E-state index is 14.0. The highest BCUT2D eigenvalue weighted by Gasteiger charge is 2.47. The largest absolute Gasteiger partial charge is 0.287 e. The molecule has 6 nitrogen and oxygen atoms in total. The van der Waals surface area contributed by atoms with E-state index in [2.05, 4.69) is 37.7 Å². The second-order valence-corrected chi connectivity index (χ2v) is 15.1. The summed E-state index contributed by atoms with van der Waals surface area (Å²) in [5.41, 5.74) is -1.68. The van der Waals surface area contributed by atoms with Gasteiger partial charge in [-0.2, -0.15) is 0 Å². The number of benzene rings is 2. The zero-order chi connectivity index (χ0) is 35.1. The van der Waals surface area contributed by atoms with Gasteiger partial charge < -0.3 is 0 Å². The van der Waals surface area contributed by atoms with Crippen LogP contribution in [0.3, 0.4) is 0 Å². The molecule has 49 heavy (non-hydrogen) atoms. The Bertz CT molecular complexity index is 2380. The first-order valence-corrected chi connectivity index (χ1v) is 17.5. The summed E-state index contributed by atoms with van der Waals surface area (Å²) in [6.07, 6.45) is 3.29. The minimum absolute atomic E-state index is 0.234. The predicted octanol–water partition coefficient (Wildman–Crippen LogP) is 7.47. The van der Waals surface area contributed by atoms with Crippen molar-refractivity contribution in [2.45, 2.75) is 58.8 Å². The second-order valence-electron chi connectivity index (χ2n) is 13.0. The van der Waals surface area contributed by atoms with Crippen LogP contribution < -0.4 is 32.4 Å². The zero-order valence-corrected chi connectivity index (χ0v) is 28.4. The average Bonchev–Trinajstić information content (AvgIpc) is 3.83. The molecule has 2 atom stereocenters. The van der Waals surface area contributed by atoms with E-state index in [-0.39, 0.29) is 33.4 Å². The third kappa shape index (κ3) is 5.10. The summed E-state index contributed by atoms with van der Waals surface area (Å²) < 4.78 is 55.8. The van der Waals surface area contributed by atoms with Crippen LogP contribution in [0.25, 0.3) is 31.3 Å². The molecule has 0 fully saturated rings. The van der Waals surface area contributed by atoms with Crippen LogP contribution in [0.1, 0.15) is 64.5 Å². The summed E-state index contributed by atoms with van der Waals surface area (Å²) in [6, 6.07) is 6.64. The van der Waals surface area contributed by atoms with E-state index >= 15 is 0 Å². The Morgan fingerprint density at radius 3 is 1.16 bits per heavy atom. The number of hydrogen-bond acceptors (Lipinski definition) is 8. The highest BCUT2D eigenvalue weighted by Crippen LogP contribution is 2.62. The van der Waals surface area contributed by atoms with Crippen molar-refractivity contribution in [3.05, 3.63) is 122 Å². The van der Waals surface area contributed by atoms with E-state index in [9.17, 15) is 36.7 Å². The van der Waals surface area contributed by atoms with Gasteiger partial charge in [0.05, 0.1) is 9.75 Å². The summed E-state index contributed by atoms with van der Waals surface area (Å²) in [5.74, 6) is -4.37. The Kier molecular flexibility index (Phi) is 8.02. The smallest absolute Gasteiger partial charge is 0.216 e. The Labute approximate surface area is 283 Å².